The summed E-state index contributed by atoms with van der Waals surface area (Å²) in [6, 6.07) is 14.3. The molecule has 1 aliphatic rings. The SMILES string of the molecule is CC(O)(c1cccs1)C1(C#N)Cc2ccccc2C1. The molecule has 0 radical (unpaired) electrons. The van der Waals surface area contributed by atoms with Crippen LogP contribution in [-0.2, 0) is 18.4 Å². The van der Waals surface area contributed by atoms with Crippen molar-refractivity contribution in [3.05, 3.63) is 57.8 Å². The first-order valence-electron chi connectivity index (χ1n) is 6.33. The molecule has 0 fully saturated rings. The van der Waals surface area contributed by atoms with E-state index in [0.717, 1.165) is 4.88 Å². The van der Waals surface area contributed by atoms with Crippen LogP contribution < -0.4 is 0 Å². The Labute approximate surface area is 116 Å². The largest absolute Gasteiger partial charge is 0.383 e. The summed E-state index contributed by atoms with van der Waals surface area (Å²) in [7, 11) is 0. The Kier molecular flexibility index (Phi) is 2.74. The maximum absolute atomic E-state index is 11.0. The highest BCUT2D eigenvalue weighted by Crippen LogP contribution is 2.50. The van der Waals surface area contributed by atoms with E-state index in [4.69, 9.17) is 0 Å². The van der Waals surface area contributed by atoms with Crippen LogP contribution in [0.25, 0.3) is 0 Å². The number of nitrogens with zero attached hydrogens (tertiary/aromatic N) is 1. The topological polar surface area (TPSA) is 44.0 Å². The fourth-order valence-electron chi connectivity index (χ4n) is 2.94. The molecule has 0 amide bonds. The van der Waals surface area contributed by atoms with Gasteiger partial charge in [-0.05, 0) is 42.3 Å². The Morgan fingerprint density at radius 2 is 1.84 bits per heavy atom. The summed E-state index contributed by atoms with van der Waals surface area (Å²) in [6.45, 7) is 1.77. The molecule has 1 heterocycles. The van der Waals surface area contributed by atoms with Crippen molar-refractivity contribution >= 4 is 11.3 Å². The molecule has 0 saturated carbocycles. The molecule has 1 aromatic carbocycles. The van der Waals surface area contributed by atoms with Crippen LogP contribution >= 0.6 is 11.3 Å². The van der Waals surface area contributed by atoms with E-state index in [9.17, 15) is 10.4 Å². The van der Waals surface area contributed by atoms with Crippen molar-refractivity contribution in [3.8, 4) is 6.07 Å². The van der Waals surface area contributed by atoms with Gasteiger partial charge in [-0.3, -0.25) is 0 Å². The van der Waals surface area contributed by atoms with Gasteiger partial charge in [0, 0.05) is 4.88 Å². The zero-order valence-corrected chi connectivity index (χ0v) is 11.6. The summed E-state index contributed by atoms with van der Waals surface area (Å²) >= 11 is 1.51. The number of benzene rings is 1. The Morgan fingerprint density at radius 3 is 2.32 bits per heavy atom. The van der Waals surface area contributed by atoms with E-state index >= 15 is 0 Å². The van der Waals surface area contributed by atoms with Gasteiger partial charge in [0.25, 0.3) is 0 Å². The molecule has 1 aliphatic carbocycles. The van der Waals surface area contributed by atoms with Crippen molar-refractivity contribution in [2.45, 2.75) is 25.4 Å². The molecule has 1 unspecified atom stereocenters. The van der Waals surface area contributed by atoms with E-state index in [-0.39, 0.29) is 0 Å². The number of rotatable bonds is 2. The Morgan fingerprint density at radius 1 is 1.21 bits per heavy atom. The quantitative estimate of drug-likeness (QED) is 0.909. The van der Waals surface area contributed by atoms with Crippen molar-refractivity contribution in [2.75, 3.05) is 0 Å². The molecule has 1 aromatic heterocycles. The number of nitriles is 1. The first-order chi connectivity index (χ1) is 9.09. The predicted octanol–water partition coefficient (Wildman–Crippen LogP) is 3.26. The van der Waals surface area contributed by atoms with E-state index < -0.39 is 11.0 Å². The van der Waals surface area contributed by atoms with E-state index in [2.05, 4.69) is 18.2 Å². The molecule has 3 heteroatoms. The zero-order valence-electron chi connectivity index (χ0n) is 10.8. The molecular weight excluding hydrogens is 254 g/mol. The molecule has 96 valence electrons. The van der Waals surface area contributed by atoms with Crippen LogP contribution in [0, 0.1) is 16.7 Å². The van der Waals surface area contributed by atoms with Crippen molar-refractivity contribution in [3.63, 3.8) is 0 Å². The first kappa shape index (κ1) is 12.4. The fraction of sp³-hybridized carbons (Fsp3) is 0.312. The van der Waals surface area contributed by atoms with E-state index in [0.29, 0.717) is 12.8 Å². The minimum Gasteiger partial charge on any atom is -0.383 e. The lowest BCUT2D eigenvalue weighted by Crippen LogP contribution is -2.42. The second-order valence-electron chi connectivity index (χ2n) is 5.37. The monoisotopic (exact) mass is 269 g/mol. The van der Waals surface area contributed by atoms with E-state index in [1.807, 2.05) is 29.6 Å². The molecule has 1 N–H and O–H groups in total. The lowest BCUT2D eigenvalue weighted by atomic mass is 9.71. The number of aliphatic hydroxyl groups is 1. The molecule has 0 aliphatic heterocycles. The normalized spacial score (nSPS) is 19.4. The van der Waals surface area contributed by atoms with E-state index in [1.165, 1.54) is 22.5 Å². The molecule has 3 rings (SSSR count). The average Bonchev–Trinajstić information content (AvgIpc) is 3.06. The molecule has 0 bridgehead atoms. The lowest BCUT2D eigenvalue weighted by molar-refractivity contribution is -0.0373. The summed E-state index contributed by atoms with van der Waals surface area (Å²) < 4.78 is 0. The molecular formula is C16H15NOS. The Hall–Kier alpha value is -1.63. The highest BCUT2D eigenvalue weighted by molar-refractivity contribution is 7.10. The third-order valence-corrected chi connectivity index (χ3v) is 5.33. The number of hydrogen-bond donors (Lipinski definition) is 1. The summed E-state index contributed by atoms with van der Waals surface area (Å²) in [5.74, 6) is 0. The molecule has 0 saturated heterocycles. The second-order valence-corrected chi connectivity index (χ2v) is 6.31. The lowest BCUT2D eigenvalue weighted by Gasteiger charge is -2.36. The number of fused-ring (bicyclic) bond motifs is 1. The summed E-state index contributed by atoms with van der Waals surface area (Å²) in [6.07, 6.45) is 1.23. The second kappa shape index (κ2) is 4.19. The summed E-state index contributed by atoms with van der Waals surface area (Å²) in [5, 5.41) is 22.6. The van der Waals surface area contributed by atoms with Crippen molar-refractivity contribution < 1.29 is 5.11 Å². The predicted molar refractivity (Wildman–Crippen MR) is 75.8 cm³/mol. The van der Waals surface area contributed by atoms with Gasteiger partial charge < -0.3 is 5.11 Å². The van der Waals surface area contributed by atoms with Gasteiger partial charge in [-0.15, -0.1) is 11.3 Å². The van der Waals surface area contributed by atoms with Gasteiger partial charge in [0.15, 0.2) is 0 Å². The third kappa shape index (κ3) is 1.72. The average molecular weight is 269 g/mol. The standard InChI is InChI=1S/C16H15NOS/c1-15(18,14-7-4-8-19-14)16(11-17)9-12-5-2-3-6-13(12)10-16/h2-8,18H,9-10H2,1H3. The van der Waals surface area contributed by atoms with Crippen LogP contribution in [0.5, 0.6) is 0 Å². The molecule has 2 aromatic rings. The maximum Gasteiger partial charge on any atom is 0.115 e. The van der Waals surface area contributed by atoms with Gasteiger partial charge in [-0.25, -0.2) is 0 Å². The molecule has 19 heavy (non-hydrogen) atoms. The van der Waals surface area contributed by atoms with Crippen LogP contribution in [0.2, 0.25) is 0 Å². The Bertz CT molecular complexity index is 612. The van der Waals surface area contributed by atoms with Gasteiger partial charge in [0.05, 0.1) is 11.5 Å². The molecule has 1 atom stereocenters. The number of thiophene rings is 1. The van der Waals surface area contributed by atoms with Gasteiger partial charge in [-0.1, -0.05) is 30.3 Å². The summed E-state index contributed by atoms with van der Waals surface area (Å²) in [4.78, 5) is 0.863. The van der Waals surface area contributed by atoms with Crippen LogP contribution in [0.15, 0.2) is 41.8 Å². The van der Waals surface area contributed by atoms with Crippen LogP contribution in [-0.4, -0.2) is 5.11 Å². The zero-order chi connectivity index (χ0) is 13.5. The van der Waals surface area contributed by atoms with Crippen LogP contribution in [0.1, 0.15) is 22.9 Å². The maximum atomic E-state index is 11.0. The third-order valence-electron chi connectivity index (χ3n) is 4.25. The molecule has 0 spiro atoms. The highest BCUT2D eigenvalue weighted by Gasteiger charge is 2.52. The first-order valence-corrected chi connectivity index (χ1v) is 7.21. The highest BCUT2D eigenvalue weighted by atomic mass is 32.1. The minimum absolute atomic E-state index is 0.616. The Balaban J connectivity index is 2.07. The summed E-state index contributed by atoms with van der Waals surface area (Å²) in [5.41, 5.74) is 0.484. The fourth-order valence-corrected chi connectivity index (χ4v) is 3.82. The van der Waals surface area contributed by atoms with Crippen LogP contribution in [0.4, 0.5) is 0 Å². The van der Waals surface area contributed by atoms with Crippen LogP contribution in [0.3, 0.4) is 0 Å². The van der Waals surface area contributed by atoms with Gasteiger partial charge in [0.1, 0.15) is 5.60 Å². The van der Waals surface area contributed by atoms with Crippen molar-refractivity contribution in [1.82, 2.24) is 0 Å². The van der Waals surface area contributed by atoms with Gasteiger partial charge in [0.2, 0.25) is 0 Å². The minimum atomic E-state index is -1.12. The smallest absolute Gasteiger partial charge is 0.115 e. The number of hydrogen-bond acceptors (Lipinski definition) is 3. The van der Waals surface area contributed by atoms with Gasteiger partial charge >= 0.3 is 0 Å². The van der Waals surface area contributed by atoms with Crippen molar-refractivity contribution in [2.24, 2.45) is 5.41 Å². The molecule has 2 nitrogen and oxygen atoms in total. The van der Waals surface area contributed by atoms with Gasteiger partial charge in [-0.2, -0.15) is 5.26 Å². The van der Waals surface area contributed by atoms with Crippen molar-refractivity contribution in [1.29, 1.82) is 5.26 Å². The van der Waals surface area contributed by atoms with E-state index in [1.54, 1.807) is 6.92 Å².